The predicted octanol–water partition coefficient (Wildman–Crippen LogP) is 23.8. The summed E-state index contributed by atoms with van der Waals surface area (Å²) >= 11 is 5.67. The first kappa shape index (κ1) is 45.1. The van der Waals surface area contributed by atoms with Crippen LogP contribution in [0.3, 0.4) is 0 Å². The van der Waals surface area contributed by atoms with E-state index in [0.29, 0.717) is 0 Å². The zero-order chi connectivity index (χ0) is 53.3. The second-order valence-electron chi connectivity index (χ2n) is 22.3. The molecule has 0 bridgehead atoms. The van der Waals surface area contributed by atoms with Crippen LogP contribution >= 0.6 is 34.0 Å². The lowest BCUT2D eigenvalue weighted by Crippen LogP contribution is -1.93. The number of hydrogen-bond donors (Lipinski definition) is 0. The molecule has 0 saturated carbocycles. The Morgan fingerprint density at radius 1 is 0.171 bits per heavy atom. The Morgan fingerprint density at radius 2 is 0.500 bits per heavy atom. The maximum atomic E-state index is 2.50. The van der Waals surface area contributed by atoms with Crippen LogP contribution in [0.5, 0.6) is 0 Å². The Hall–Kier alpha value is -9.68. The molecule has 378 valence electrons. The maximum Gasteiger partial charge on any atom is 0.0541 e. The number of para-hydroxylation sites is 2. The lowest BCUT2D eigenvalue weighted by Gasteiger charge is -2.13. The quantitative estimate of drug-likeness (QED) is 0.155. The second-order valence-corrected chi connectivity index (χ2v) is 25.5. The number of benzene rings is 15. The first-order valence-corrected chi connectivity index (χ1v) is 30.6. The zero-order valence-electron chi connectivity index (χ0n) is 44.0. The highest BCUT2D eigenvalue weighted by atomic mass is 32.1. The van der Waals surface area contributed by atoms with Gasteiger partial charge < -0.3 is 4.57 Å². The molecule has 4 aromatic heterocycles. The summed E-state index contributed by atoms with van der Waals surface area (Å²) in [6, 6.07) is 98.8. The molecule has 0 amide bonds. The highest BCUT2D eigenvalue weighted by Gasteiger charge is 2.19. The van der Waals surface area contributed by atoms with Gasteiger partial charge in [-0.05, 0) is 201 Å². The van der Waals surface area contributed by atoms with Gasteiger partial charge in [-0.3, -0.25) is 0 Å². The normalized spacial score (nSPS) is 12.4. The van der Waals surface area contributed by atoms with E-state index in [1.165, 1.54) is 186 Å². The van der Waals surface area contributed by atoms with Crippen molar-refractivity contribution >= 4 is 181 Å². The summed E-state index contributed by atoms with van der Waals surface area (Å²) < 4.78 is 10.3. The highest BCUT2D eigenvalue weighted by molar-refractivity contribution is 7.26. The van der Waals surface area contributed by atoms with Crippen LogP contribution in [0.25, 0.3) is 186 Å². The molecule has 0 aliphatic rings. The van der Waals surface area contributed by atoms with Crippen molar-refractivity contribution in [3.05, 3.63) is 261 Å². The van der Waals surface area contributed by atoms with E-state index in [2.05, 4.69) is 265 Å². The molecule has 0 atom stereocenters. The largest absolute Gasteiger partial charge is 0.309 e. The monoisotopic (exact) mass is 1090 g/mol. The summed E-state index contributed by atoms with van der Waals surface area (Å²) in [6.45, 7) is 0. The fourth-order valence-corrected chi connectivity index (χ4v) is 17.4. The Morgan fingerprint density at radius 3 is 1.02 bits per heavy atom. The van der Waals surface area contributed by atoms with Gasteiger partial charge in [0.2, 0.25) is 0 Å². The van der Waals surface area contributed by atoms with Crippen molar-refractivity contribution in [3.63, 3.8) is 0 Å². The van der Waals surface area contributed by atoms with E-state index in [9.17, 15) is 0 Å². The van der Waals surface area contributed by atoms with E-state index in [0.717, 1.165) is 0 Å². The fourth-order valence-electron chi connectivity index (χ4n) is 14.1. The summed E-state index contributed by atoms with van der Waals surface area (Å²) in [5, 5.41) is 25.9. The molecule has 0 spiro atoms. The molecule has 0 fully saturated rings. The van der Waals surface area contributed by atoms with E-state index in [-0.39, 0.29) is 0 Å². The fraction of sp³-hybridized carbons (Fsp3) is 0. The van der Waals surface area contributed by atoms with Crippen LogP contribution in [0.1, 0.15) is 0 Å². The van der Waals surface area contributed by atoms with Gasteiger partial charge in [0.05, 0.1) is 11.0 Å². The standard InChI is InChI=1S/C78H43NS3/c1-3-16-53-51(14-1)60-35-46(44-12-11-13-45(34-44)48-26-31-74-66(37-48)59-20-7-10-23-73(59)80-74)24-29-55(60)64-42-77-69(40-62(53)64)70-41-63-54-17-4-2-15-52(54)61-36-47(25-30-56(61)65(63)43-78(70)82-77)49-27-32-75-67(38-49)68-39-50(28-33-76(68)81-75)79-71-21-8-5-18-57(71)58-19-6-9-22-72(58)79/h1-43H. The molecular formula is C78H43NS3. The molecule has 0 N–H and O–H groups in total. The first-order chi connectivity index (χ1) is 40.6. The van der Waals surface area contributed by atoms with Crippen molar-refractivity contribution in [1.82, 2.24) is 4.57 Å². The molecule has 82 heavy (non-hydrogen) atoms. The van der Waals surface area contributed by atoms with E-state index in [1.807, 2.05) is 34.0 Å². The SMILES string of the molecule is c1cc(-c2ccc3sc4ccccc4c3c2)cc(-c2ccc3c(c2)c2ccccc2c2cc4c(cc32)sc2cc3c5ccc(-c6ccc7sc8ccc(-n9c%10ccccc%10c%10ccccc%109)cc8c7c6)cc5c5ccccc5c3cc24)c1. The zero-order valence-corrected chi connectivity index (χ0v) is 46.4. The summed E-state index contributed by atoms with van der Waals surface area (Å²) in [5.74, 6) is 0. The van der Waals surface area contributed by atoms with Gasteiger partial charge in [-0.15, -0.1) is 34.0 Å². The van der Waals surface area contributed by atoms with Crippen LogP contribution in [0.2, 0.25) is 0 Å². The van der Waals surface area contributed by atoms with Crippen LogP contribution < -0.4 is 0 Å². The lowest BCUT2D eigenvalue weighted by molar-refractivity contribution is 1.19. The van der Waals surface area contributed by atoms with Gasteiger partial charge in [0.25, 0.3) is 0 Å². The van der Waals surface area contributed by atoms with Crippen molar-refractivity contribution in [2.45, 2.75) is 0 Å². The summed E-state index contributed by atoms with van der Waals surface area (Å²) in [6.07, 6.45) is 0. The van der Waals surface area contributed by atoms with Crippen molar-refractivity contribution in [2.24, 2.45) is 0 Å². The number of nitrogens with zero attached hydrogens (tertiary/aromatic N) is 1. The minimum absolute atomic E-state index is 1.19. The molecule has 19 rings (SSSR count). The summed E-state index contributed by atoms with van der Waals surface area (Å²) in [5.41, 5.74) is 11.0. The minimum atomic E-state index is 1.19. The van der Waals surface area contributed by atoms with Gasteiger partial charge in [-0.25, -0.2) is 0 Å². The Balaban J connectivity index is 0.734. The Kier molecular flexibility index (Phi) is 9.31. The average Bonchev–Trinajstić information content (AvgIpc) is 2.69. The van der Waals surface area contributed by atoms with Gasteiger partial charge in [0.1, 0.15) is 0 Å². The van der Waals surface area contributed by atoms with Gasteiger partial charge in [0.15, 0.2) is 0 Å². The van der Waals surface area contributed by atoms with Crippen LogP contribution in [-0.4, -0.2) is 4.57 Å². The van der Waals surface area contributed by atoms with E-state index in [4.69, 9.17) is 0 Å². The molecule has 0 unspecified atom stereocenters. The molecule has 0 aliphatic heterocycles. The van der Waals surface area contributed by atoms with Crippen molar-refractivity contribution in [3.8, 4) is 39.1 Å². The van der Waals surface area contributed by atoms with Gasteiger partial charge in [-0.2, -0.15) is 0 Å². The molecule has 4 heterocycles. The van der Waals surface area contributed by atoms with Gasteiger partial charge in [-0.1, -0.05) is 158 Å². The van der Waals surface area contributed by atoms with Crippen LogP contribution in [0.15, 0.2) is 261 Å². The number of hydrogen-bond acceptors (Lipinski definition) is 3. The Bertz CT molecular complexity index is 5970. The number of fused-ring (bicyclic) bond motifs is 24. The summed E-state index contributed by atoms with van der Waals surface area (Å²) in [4.78, 5) is 0. The van der Waals surface area contributed by atoms with Gasteiger partial charge in [0, 0.05) is 77.0 Å². The Labute approximate surface area is 482 Å². The van der Waals surface area contributed by atoms with E-state index < -0.39 is 0 Å². The molecule has 0 radical (unpaired) electrons. The molecule has 1 nitrogen and oxygen atoms in total. The second kappa shape index (κ2) is 16.9. The summed E-state index contributed by atoms with van der Waals surface area (Å²) in [7, 11) is 0. The topological polar surface area (TPSA) is 4.93 Å². The van der Waals surface area contributed by atoms with Crippen LogP contribution in [0, 0.1) is 0 Å². The number of rotatable bonds is 4. The first-order valence-electron chi connectivity index (χ1n) is 28.1. The van der Waals surface area contributed by atoms with Crippen molar-refractivity contribution in [1.29, 1.82) is 0 Å². The third-order valence-electron chi connectivity index (χ3n) is 17.9. The predicted molar refractivity (Wildman–Crippen MR) is 361 cm³/mol. The number of thiophene rings is 3. The molecule has 15 aromatic carbocycles. The average molecular weight is 1090 g/mol. The van der Waals surface area contributed by atoms with E-state index in [1.54, 1.807) is 0 Å². The highest BCUT2D eigenvalue weighted by Crippen LogP contribution is 2.48. The molecule has 0 aliphatic carbocycles. The molecule has 0 saturated heterocycles. The van der Waals surface area contributed by atoms with Crippen LogP contribution in [0.4, 0.5) is 0 Å². The lowest BCUT2D eigenvalue weighted by atomic mass is 9.90. The third-order valence-corrected chi connectivity index (χ3v) is 21.3. The van der Waals surface area contributed by atoms with Crippen molar-refractivity contribution in [2.75, 3.05) is 0 Å². The third kappa shape index (κ3) is 6.48. The molecule has 4 heteroatoms. The number of aromatic nitrogens is 1. The maximum absolute atomic E-state index is 2.50. The van der Waals surface area contributed by atoms with E-state index >= 15 is 0 Å². The minimum Gasteiger partial charge on any atom is -0.309 e. The molecule has 19 aromatic rings. The molecular weight excluding hydrogens is 1050 g/mol. The van der Waals surface area contributed by atoms with Gasteiger partial charge >= 0.3 is 0 Å². The van der Waals surface area contributed by atoms with Crippen molar-refractivity contribution < 1.29 is 0 Å². The smallest absolute Gasteiger partial charge is 0.0541 e. The van der Waals surface area contributed by atoms with Crippen LogP contribution in [-0.2, 0) is 0 Å².